The maximum Gasteiger partial charge on any atom is 0.240 e. The Bertz CT molecular complexity index is 536. The lowest BCUT2D eigenvalue weighted by Gasteiger charge is -2.09. The molecule has 0 saturated carbocycles. The van der Waals surface area contributed by atoms with Crippen LogP contribution in [0, 0.1) is 0 Å². The Labute approximate surface area is 154 Å². The molecule has 0 aliphatic rings. The fraction of sp³-hybridized carbons (Fsp3) is 0.556. The molecule has 1 aromatic carbocycles. The zero-order valence-electron chi connectivity index (χ0n) is 14.1. The van der Waals surface area contributed by atoms with Crippen LogP contribution in [0.4, 0.5) is 0 Å². The Hall–Kier alpha value is -1.10. The number of hydrogen-bond donors (Lipinski definition) is 2. The second-order valence-corrected chi connectivity index (χ2v) is 6.70. The number of unbranched alkanes of at least 4 members (excludes halogenated alkanes) is 4. The van der Waals surface area contributed by atoms with Crippen LogP contribution >= 0.6 is 23.2 Å². The first-order valence-electron chi connectivity index (χ1n) is 8.48. The summed E-state index contributed by atoms with van der Waals surface area (Å²) in [6.07, 6.45) is 8.33. The molecule has 1 amide bonds. The van der Waals surface area contributed by atoms with Crippen molar-refractivity contribution in [2.24, 2.45) is 5.10 Å². The minimum Gasteiger partial charge on any atom is -0.393 e. The van der Waals surface area contributed by atoms with Crippen molar-refractivity contribution >= 4 is 35.3 Å². The number of amides is 1. The van der Waals surface area contributed by atoms with Crippen molar-refractivity contribution in [1.82, 2.24) is 5.43 Å². The maximum atomic E-state index is 11.7. The molecule has 0 saturated heterocycles. The van der Waals surface area contributed by atoms with Crippen molar-refractivity contribution in [3.63, 3.8) is 0 Å². The molecule has 0 aliphatic carbocycles. The van der Waals surface area contributed by atoms with Gasteiger partial charge >= 0.3 is 0 Å². The summed E-state index contributed by atoms with van der Waals surface area (Å²) in [7, 11) is 0. The van der Waals surface area contributed by atoms with E-state index < -0.39 is 6.10 Å². The first-order valence-corrected chi connectivity index (χ1v) is 9.23. The first-order chi connectivity index (χ1) is 11.5. The molecule has 0 aliphatic heterocycles. The van der Waals surface area contributed by atoms with Gasteiger partial charge in [-0.05, 0) is 25.0 Å². The number of benzene rings is 1. The number of carbonyl (C=O) groups is 1. The summed E-state index contributed by atoms with van der Waals surface area (Å²) in [5, 5.41) is 14.8. The highest BCUT2D eigenvalue weighted by Crippen LogP contribution is 2.19. The molecule has 0 radical (unpaired) electrons. The average Bonchev–Trinajstić information content (AvgIpc) is 2.55. The Morgan fingerprint density at radius 2 is 2.00 bits per heavy atom. The van der Waals surface area contributed by atoms with E-state index in [1.807, 2.05) is 0 Å². The number of carbonyl (C=O) groups excluding carboxylic acids is 1. The van der Waals surface area contributed by atoms with Gasteiger partial charge in [-0.2, -0.15) is 5.10 Å². The van der Waals surface area contributed by atoms with Crippen molar-refractivity contribution in [2.75, 3.05) is 0 Å². The van der Waals surface area contributed by atoms with Gasteiger partial charge in [0, 0.05) is 17.0 Å². The molecule has 24 heavy (non-hydrogen) atoms. The van der Waals surface area contributed by atoms with E-state index in [4.69, 9.17) is 23.2 Å². The largest absolute Gasteiger partial charge is 0.393 e. The van der Waals surface area contributed by atoms with Crippen LogP contribution in [0.3, 0.4) is 0 Å². The van der Waals surface area contributed by atoms with Gasteiger partial charge in [0.1, 0.15) is 0 Å². The third kappa shape index (κ3) is 9.26. The van der Waals surface area contributed by atoms with Crippen molar-refractivity contribution in [2.45, 2.75) is 64.4 Å². The van der Waals surface area contributed by atoms with Crippen molar-refractivity contribution in [3.05, 3.63) is 33.8 Å². The molecule has 0 bridgehead atoms. The lowest BCUT2D eigenvalue weighted by atomic mass is 10.0. The molecule has 6 heteroatoms. The van der Waals surface area contributed by atoms with Gasteiger partial charge in [-0.1, -0.05) is 68.3 Å². The molecule has 0 aromatic heterocycles. The third-order valence-corrected chi connectivity index (χ3v) is 4.26. The molecular weight excluding hydrogens is 347 g/mol. The van der Waals surface area contributed by atoms with E-state index in [0.29, 0.717) is 22.0 Å². The van der Waals surface area contributed by atoms with Gasteiger partial charge in [0.2, 0.25) is 5.91 Å². The van der Waals surface area contributed by atoms with Crippen LogP contribution in [0.25, 0.3) is 0 Å². The molecule has 1 aromatic rings. The number of hydrogen-bond acceptors (Lipinski definition) is 3. The molecule has 1 atom stereocenters. The van der Waals surface area contributed by atoms with Crippen LogP contribution in [-0.4, -0.2) is 23.3 Å². The maximum absolute atomic E-state index is 11.7. The second-order valence-electron chi connectivity index (χ2n) is 5.85. The average molecular weight is 373 g/mol. The van der Waals surface area contributed by atoms with Crippen LogP contribution in [-0.2, 0) is 4.79 Å². The van der Waals surface area contributed by atoms with Crippen LogP contribution in [0.2, 0.25) is 10.0 Å². The van der Waals surface area contributed by atoms with Gasteiger partial charge < -0.3 is 5.11 Å². The molecule has 1 unspecified atom stereocenters. The SMILES string of the molecule is CCCCCCCC(O)CCC(=O)NN=Cc1ccc(Cl)cc1Cl. The van der Waals surface area contributed by atoms with E-state index in [9.17, 15) is 9.90 Å². The predicted molar refractivity (Wildman–Crippen MR) is 101 cm³/mol. The van der Waals surface area contributed by atoms with Crippen molar-refractivity contribution in [3.8, 4) is 0 Å². The van der Waals surface area contributed by atoms with E-state index in [-0.39, 0.29) is 12.3 Å². The lowest BCUT2D eigenvalue weighted by molar-refractivity contribution is -0.121. The lowest BCUT2D eigenvalue weighted by Crippen LogP contribution is -2.19. The summed E-state index contributed by atoms with van der Waals surface area (Å²) in [5.41, 5.74) is 3.11. The van der Waals surface area contributed by atoms with Gasteiger partial charge in [0.15, 0.2) is 0 Å². The number of nitrogens with zero attached hydrogens (tertiary/aromatic N) is 1. The van der Waals surface area contributed by atoms with E-state index >= 15 is 0 Å². The van der Waals surface area contributed by atoms with Crippen LogP contribution < -0.4 is 5.43 Å². The molecule has 1 rings (SSSR count). The molecule has 4 nitrogen and oxygen atoms in total. The van der Waals surface area contributed by atoms with Crippen molar-refractivity contribution in [1.29, 1.82) is 0 Å². The van der Waals surface area contributed by atoms with Gasteiger partial charge in [-0.25, -0.2) is 5.43 Å². The third-order valence-electron chi connectivity index (χ3n) is 3.70. The molecule has 0 spiro atoms. The van der Waals surface area contributed by atoms with E-state index in [1.54, 1.807) is 18.2 Å². The minimum absolute atomic E-state index is 0.221. The zero-order chi connectivity index (χ0) is 17.8. The quantitative estimate of drug-likeness (QED) is 0.328. The first kappa shape index (κ1) is 20.9. The highest BCUT2D eigenvalue weighted by Gasteiger charge is 2.07. The van der Waals surface area contributed by atoms with E-state index in [1.165, 1.54) is 25.5 Å². The number of aliphatic hydroxyl groups excluding tert-OH is 1. The Morgan fingerprint density at radius 1 is 1.25 bits per heavy atom. The minimum atomic E-state index is -0.424. The number of aliphatic hydroxyl groups is 1. The van der Waals surface area contributed by atoms with Gasteiger partial charge in [0.05, 0.1) is 17.3 Å². The molecule has 2 N–H and O–H groups in total. The summed E-state index contributed by atoms with van der Waals surface area (Å²) in [5.74, 6) is -0.221. The summed E-state index contributed by atoms with van der Waals surface area (Å²) in [6.45, 7) is 2.18. The fourth-order valence-electron chi connectivity index (χ4n) is 2.26. The summed E-state index contributed by atoms with van der Waals surface area (Å²) in [4.78, 5) is 11.7. The number of hydrazone groups is 1. The van der Waals surface area contributed by atoms with Crippen molar-refractivity contribution < 1.29 is 9.90 Å². The Kier molecular flexibility index (Phi) is 10.7. The molecular formula is C18H26Cl2N2O2. The monoisotopic (exact) mass is 372 g/mol. The highest BCUT2D eigenvalue weighted by atomic mass is 35.5. The van der Waals surface area contributed by atoms with Crippen LogP contribution in [0.1, 0.15) is 63.9 Å². The summed E-state index contributed by atoms with van der Waals surface area (Å²) < 4.78 is 0. The Morgan fingerprint density at radius 3 is 2.71 bits per heavy atom. The number of rotatable bonds is 11. The molecule has 134 valence electrons. The smallest absolute Gasteiger partial charge is 0.240 e. The summed E-state index contributed by atoms with van der Waals surface area (Å²) >= 11 is 11.8. The molecule has 0 fully saturated rings. The van der Waals surface area contributed by atoms with E-state index in [0.717, 1.165) is 19.3 Å². The van der Waals surface area contributed by atoms with Crippen LogP contribution in [0.15, 0.2) is 23.3 Å². The zero-order valence-corrected chi connectivity index (χ0v) is 15.6. The second kappa shape index (κ2) is 12.3. The normalized spacial score (nSPS) is 12.5. The standard InChI is InChI=1S/C18H26Cl2N2O2/c1-2-3-4-5-6-7-16(23)10-11-18(24)22-21-13-14-8-9-15(19)12-17(14)20/h8-9,12-13,16,23H,2-7,10-11H2,1H3,(H,22,24). The topological polar surface area (TPSA) is 61.7 Å². The van der Waals surface area contributed by atoms with Crippen LogP contribution in [0.5, 0.6) is 0 Å². The number of halogens is 2. The van der Waals surface area contributed by atoms with Gasteiger partial charge in [-0.15, -0.1) is 0 Å². The fourth-order valence-corrected chi connectivity index (χ4v) is 2.72. The number of nitrogens with one attached hydrogen (secondary N) is 1. The highest BCUT2D eigenvalue weighted by molar-refractivity contribution is 6.36. The summed E-state index contributed by atoms with van der Waals surface area (Å²) in [6, 6.07) is 5.04. The molecule has 0 heterocycles. The Balaban J connectivity index is 2.20. The predicted octanol–water partition coefficient (Wildman–Crippen LogP) is 4.95. The van der Waals surface area contributed by atoms with Gasteiger partial charge in [0.25, 0.3) is 0 Å². The van der Waals surface area contributed by atoms with E-state index in [2.05, 4.69) is 17.5 Å². The van der Waals surface area contributed by atoms with Gasteiger partial charge in [-0.3, -0.25) is 4.79 Å².